The van der Waals surface area contributed by atoms with Gasteiger partial charge in [0.1, 0.15) is 0 Å². The number of hydrogen-bond acceptors (Lipinski definition) is 1. The zero-order chi connectivity index (χ0) is 9.54. The Bertz CT molecular complexity index is 341. The summed E-state index contributed by atoms with van der Waals surface area (Å²) in [5.74, 6) is 0.916. The molecule has 0 amide bonds. The number of benzene rings is 1. The summed E-state index contributed by atoms with van der Waals surface area (Å²) in [6.07, 6.45) is 4.02. The van der Waals surface area contributed by atoms with Crippen LogP contribution in [-0.2, 0) is 6.42 Å². The van der Waals surface area contributed by atoms with Crippen molar-refractivity contribution in [3.8, 4) is 0 Å². The van der Waals surface area contributed by atoms with Gasteiger partial charge in [-0.15, -0.1) is 0 Å². The molecule has 0 bridgehead atoms. The van der Waals surface area contributed by atoms with E-state index in [9.17, 15) is 0 Å². The molecule has 0 spiro atoms. The highest BCUT2D eigenvalue weighted by Gasteiger charge is 2.36. The molecule has 1 heterocycles. The van der Waals surface area contributed by atoms with Gasteiger partial charge in [-0.25, -0.2) is 0 Å². The van der Waals surface area contributed by atoms with Gasteiger partial charge in [0.15, 0.2) is 0 Å². The van der Waals surface area contributed by atoms with E-state index in [1.54, 1.807) is 11.1 Å². The van der Waals surface area contributed by atoms with Crippen LogP contribution in [0, 0.1) is 5.92 Å². The Morgan fingerprint density at radius 2 is 2.00 bits per heavy atom. The predicted octanol–water partition coefficient (Wildman–Crippen LogP) is 2.67. The van der Waals surface area contributed by atoms with Gasteiger partial charge in [-0.1, -0.05) is 24.3 Å². The molecule has 0 saturated heterocycles. The van der Waals surface area contributed by atoms with E-state index >= 15 is 0 Å². The molecule has 1 aromatic rings. The quantitative estimate of drug-likeness (QED) is 0.712. The van der Waals surface area contributed by atoms with Crippen molar-refractivity contribution in [1.29, 1.82) is 0 Å². The third-order valence-electron chi connectivity index (χ3n) is 3.47. The fourth-order valence-electron chi connectivity index (χ4n) is 2.63. The SMILES string of the molecule is CC1Cc2ccccc2C(C2CC2)N1. The minimum Gasteiger partial charge on any atom is -0.307 e. The van der Waals surface area contributed by atoms with Gasteiger partial charge in [-0.2, -0.15) is 0 Å². The average Bonchev–Trinajstić information content (AvgIpc) is 2.99. The fraction of sp³-hybridized carbons (Fsp3) is 0.538. The van der Waals surface area contributed by atoms with Gasteiger partial charge in [0.2, 0.25) is 0 Å². The molecule has 1 heteroatoms. The highest BCUT2D eigenvalue weighted by atomic mass is 15.0. The number of nitrogens with one attached hydrogen (secondary N) is 1. The molecule has 2 atom stereocenters. The molecule has 1 N–H and O–H groups in total. The third-order valence-corrected chi connectivity index (χ3v) is 3.47. The molecule has 14 heavy (non-hydrogen) atoms. The van der Waals surface area contributed by atoms with E-state index in [0.717, 1.165) is 5.92 Å². The lowest BCUT2D eigenvalue weighted by Crippen LogP contribution is -2.38. The van der Waals surface area contributed by atoms with Crippen LogP contribution in [0.2, 0.25) is 0 Å². The first-order chi connectivity index (χ1) is 6.84. The molecule has 1 aliphatic carbocycles. The van der Waals surface area contributed by atoms with Crippen LogP contribution in [-0.4, -0.2) is 6.04 Å². The Balaban J connectivity index is 2.00. The van der Waals surface area contributed by atoms with Crippen molar-refractivity contribution in [1.82, 2.24) is 5.32 Å². The first-order valence-electron chi connectivity index (χ1n) is 5.68. The molecule has 1 fully saturated rings. The van der Waals surface area contributed by atoms with Crippen LogP contribution in [0.4, 0.5) is 0 Å². The van der Waals surface area contributed by atoms with Gasteiger partial charge in [0, 0.05) is 12.1 Å². The average molecular weight is 187 g/mol. The second-order valence-corrected chi connectivity index (χ2v) is 4.79. The molecule has 0 radical (unpaired) electrons. The van der Waals surface area contributed by atoms with Crippen molar-refractivity contribution >= 4 is 0 Å². The Labute approximate surface area is 85.5 Å². The van der Waals surface area contributed by atoms with Crippen molar-refractivity contribution in [3.63, 3.8) is 0 Å². The maximum atomic E-state index is 3.73. The predicted molar refractivity (Wildman–Crippen MR) is 58.2 cm³/mol. The van der Waals surface area contributed by atoms with Crippen molar-refractivity contribution in [3.05, 3.63) is 35.4 Å². The molecule has 1 aromatic carbocycles. The lowest BCUT2D eigenvalue weighted by Gasteiger charge is -2.31. The first kappa shape index (κ1) is 8.49. The molecule has 1 nitrogen and oxygen atoms in total. The standard InChI is InChI=1S/C13H17N/c1-9-8-11-4-2-3-5-12(11)13(14-9)10-6-7-10/h2-5,9-10,13-14H,6-8H2,1H3. The lowest BCUT2D eigenvalue weighted by molar-refractivity contribution is 0.390. The summed E-state index contributed by atoms with van der Waals surface area (Å²) in [5, 5.41) is 3.73. The van der Waals surface area contributed by atoms with Crippen molar-refractivity contribution in [2.45, 2.75) is 38.3 Å². The maximum Gasteiger partial charge on any atom is 0.0353 e. The number of rotatable bonds is 1. The van der Waals surface area contributed by atoms with Gasteiger partial charge >= 0.3 is 0 Å². The molecule has 1 saturated carbocycles. The fourth-order valence-corrected chi connectivity index (χ4v) is 2.63. The van der Waals surface area contributed by atoms with Crippen LogP contribution in [0.5, 0.6) is 0 Å². The van der Waals surface area contributed by atoms with Crippen LogP contribution in [0.25, 0.3) is 0 Å². The summed E-state index contributed by atoms with van der Waals surface area (Å²) in [5.41, 5.74) is 3.13. The third kappa shape index (κ3) is 1.36. The molecule has 1 aliphatic heterocycles. The van der Waals surface area contributed by atoms with Crippen molar-refractivity contribution in [2.75, 3.05) is 0 Å². The second kappa shape index (κ2) is 3.09. The van der Waals surface area contributed by atoms with E-state index in [0.29, 0.717) is 12.1 Å². The van der Waals surface area contributed by atoms with Crippen LogP contribution in [0.1, 0.15) is 36.9 Å². The van der Waals surface area contributed by atoms with E-state index < -0.39 is 0 Å². The Hall–Kier alpha value is -0.820. The highest BCUT2D eigenvalue weighted by molar-refractivity contribution is 5.34. The van der Waals surface area contributed by atoms with Gasteiger partial charge < -0.3 is 5.32 Å². The molecule has 3 rings (SSSR count). The van der Waals surface area contributed by atoms with Gasteiger partial charge in [-0.3, -0.25) is 0 Å². The van der Waals surface area contributed by atoms with Crippen LogP contribution >= 0.6 is 0 Å². The van der Waals surface area contributed by atoms with E-state index in [-0.39, 0.29) is 0 Å². The van der Waals surface area contributed by atoms with Gasteiger partial charge in [-0.05, 0) is 43.2 Å². The van der Waals surface area contributed by atoms with Crippen molar-refractivity contribution < 1.29 is 0 Å². The highest BCUT2D eigenvalue weighted by Crippen LogP contribution is 2.43. The monoisotopic (exact) mass is 187 g/mol. The maximum absolute atomic E-state index is 3.73. The number of fused-ring (bicyclic) bond motifs is 1. The van der Waals surface area contributed by atoms with Crippen LogP contribution < -0.4 is 5.32 Å². The van der Waals surface area contributed by atoms with Gasteiger partial charge in [0.05, 0.1) is 0 Å². The minimum absolute atomic E-state index is 0.648. The van der Waals surface area contributed by atoms with E-state index in [1.807, 2.05) is 0 Å². The van der Waals surface area contributed by atoms with Crippen LogP contribution in [0.15, 0.2) is 24.3 Å². The summed E-state index contributed by atoms with van der Waals surface area (Å²) in [6.45, 7) is 2.30. The Kier molecular flexibility index (Phi) is 1.88. The Morgan fingerprint density at radius 3 is 2.79 bits per heavy atom. The van der Waals surface area contributed by atoms with Crippen LogP contribution in [0.3, 0.4) is 0 Å². The molecule has 2 aliphatic rings. The van der Waals surface area contributed by atoms with E-state index in [2.05, 4.69) is 36.5 Å². The summed E-state index contributed by atoms with van der Waals surface area (Å²) in [4.78, 5) is 0. The molecule has 74 valence electrons. The minimum atomic E-state index is 0.648. The zero-order valence-electron chi connectivity index (χ0n) is 8.66. The summed E-state index contributed by atoms with van der Waals surface area (Å²) in [7, 11) is 0. The normalized spacial score (nSPS) is 31.2. The number of hydrogen-bond donors (Lipinski definition) is 1. The smallest absolute Gasteiger partial charge is 0.0353 e. The second-order valence-electron chi connectivity index (χ2n) is 4.79. The topological polar surface area (TPSA) is 12.0 Å². The molecule has 0 aromatic heterocycles. The van der Waals surface area contributed by atoms with Gasteiger partial charge in [0.25, 0.3) is 0 Å². The van der Waals surface area contributed by atoms with Crippen molar-refractivity contribution in [2.24, 2.45) is 5.92 Å². The zero-order valence-corrected chi connectivity index (χ0v) is 8.66. The molecular weight excluding hydrogens is 170 g/mol. The molecule has 2 unspecified atom stereocenters. The first-order valence-corrected chi connectivity index (χ1v) is 5.68. The lowest BCUT2D eigenvalue weighted by atomic mass is 9.88. The Morgan fingerprint density at radius 1 is 1.21 bits per heavy atom. The van der Waals surface area contributed by atoms with E-state index in [1.165, 1.54) is 19.3 Å². The largest absolute Gasteiger partial charge is 0.307 e. The summed E-state index contributed by atoms with van der Waals surface area (Å²) >= 11 is 0. The molecular formula is C13H17N. The van der Waals surface area contributed by atoms with E-state index in [4.69, 9.17) is 0 Å². The summed E-state index contributed by atoms with van der Waals surface area (Å²) in [6, 6.07) is 10.2. The summed E-state index contributed by atoms with van der Waals surface area (Å²) < 4.78 is 0.